The average Bonchev–Trinajstić information content (AvgIpc) is 1.81. The molecular formula is C4H11Cl4NSi2. The van der Waals surface area contributed by atoms with Gasteiger partial charge in [-0.1, -0.05) is 13.8 Å². The second-order valence-electron chi connectivity index (χ2n) is 2.65. The Labute approximate surface area is 89.7 Å². The standard InChI is InChI=1S/C4H11Cl4NSi2/c1-4(2)3-9(10(5)6)11(7)8/h4,10-11H,3H2,1-2H3. The van der Waals surface area contributed by atoms with Crippen LogP contribution >= 0.6 is 44.3 Å². The lowest BCUT2D eigenvalue weighted by molar-refractivity contribution is 0.527. The van der Waals surface area contributed by atoms with E-state index in [0.29, 0.717) is 5.92 Å². The summed E-state index contributed by atoms with van der Waals surface area (Å²) in [5.74, 6) is 0.509. The minimum atomic E-state index is -1.82. The first-order chi connectivity index (χ1) is 4.95. The number of hydrogen-bond acceptors (Lipinski definition) is 1. The molecule has 0 rings (SSSR count). The van der Waals surface area contributed by atoms with Crippen molar-refractivity contribution in [3.8, 4) is 0 Å². The summed E-state index contributed by atoms with van der Waals surface area (Å²) in [4.78, 5) is 0. The topological polar surface area (TPSA) is 3.24 Å². The second kappa shape index (κ2) is 6.08. The lowest BCUT2D eigenvalue weighted by atomic mass is 10.2. The maximum Gasteiger partial charge on any atom is 0.304 e. The molecule has 0 atom stereocenters. The van der Waals surface area contributed by atoms with Crippen molar-refractivity contribution in [1.82, 2.24) is 4.23 Å². The Kier molecular flexibility index (Phi) is 6.93. The van der Waals surface area contributed by atoms with Gasteiger partial charge in [-0.3, -0.25) is 0 Å². The van der Waals surface area contributed by atoms with E-state index in [1.165, 1.54) is 0 Å². The maximum atomic E-state index is 5.78. The van der Waals surface area contributed by atoms with Crippen LogP contribution in [0.1, 0.15) is 13.8 Å². The molecule has 0 aromatic heterocycles. The first kappa shape index (κ1) is 12.6. The van der Waals surface area contributed by atoms with Gasteiger partial charge in [0.15, 0.2) is 0 Å². The molecule has 0 aromatic rings. The molecule has 0 radical (unpaired) electrons. The predicted octanol–water partition coefficient (Wildman–Crippen LogP) is 2.33. The van der Waals surface area contributed by atoms with Crippen molar-refractivity contribution in [3.05, 3.63) is 0 Å². The lowest BCUT2D eigenvalue weighted by Gasteiger charge is -2.24. The number of hydrogen-bond donors (Lipinski definition) is 0. The zero-order valence-corrected chi connectivity index (χ0v) is 11.7. The molecule has 7 heteroatoms. The highest BCUT2D eigenvalue weighted by Crippen LogP contribution is 2.14. The van der Waals surface area contributed by atoms with Crippen molar-refractivity contribution in [3.63, 3.8) is 0 Å². The van der Waals surface area contributed by atoms with Crippen LogP contribution in [0.3, 0.4) is 0 Å². The molecule has 0 aliphatic carbocycles. The first-order valence-electron chi connectivity index (χ1n) is 3.27. The van der Waals surface area contributed by atoms with Gasteiger partial charge in [-0.25, -0.2) is 0 Å². The summed E-state index contributed by atoms with van der Waals surface area (Å²) in [5, 5.41) is 0. The monoisotopic (exact) mass is 269 g/mol. The van der Waals surface area contributed by atoms with Gasteiger partial charge in [0.05, 0.1) is 0 Å². The van der Waals surface area contributed by atoms with Crippen molar-refractivity contribution in [2.24, 2.45) is 5.92 Å². The fourth-order valence-corrected chi connectivity index (χ4v) is 9.60. The van der Waals surface area contributed by atoms with Crippen LogP contribution in [0.15, 0.2) is 0 Å². The van der Waals surface area contributed by atoms with Crippen LogP contribution in [0, 0.1) is 5.92 Å². The maximum absolute atomic E-state index is 5.78. The van der Waals surface area contributed by atoms with Gasteiger partial charge in [0.2, 0.25) is 0 Å². The summed E-state index contributed by atoms with van der Waals surface area (Å²) >= 11 is 23.1. The molecule has 0 amide bonds. The molecule has 11 heavy (non-hydrogen) atoms. The van der Waals surface area contributed by atoms with Crippen molar-refractivity contribution in [2.75, 3.05) is 6.54 Å². The molecule has 0 saturated carbocycles. The third-order valence-electron chi connectivity index (χ3n) is 1.08. The van der Waals surface area contributed by atoms with Crippen LogP contribution in [-0.4, -0.2) is 25.9 Å². The molecule has 1 nitrogen and oxygen atoms in total. The van der Waals surface area contributed by atoms with Gasteiger partial charge in [-0.05, 0) is 12.5 Å². The van der Waals surface area contributed by atoms with Gasteiger partial charge in [0.1, 0.15) is 0 Å². The van der Waals surface area contributed by atoms with E-state index >= 15 is 0 Å². The Morgan fingerprint density at radius 1 is 1.09 bits per heavy atom. The van der Waals surface area contributed by atoms with E-state index in [1.54, 1.807) is 0 Å². The highest BCUT2D eigenvalue weighted by Gasteiger charge is 2.23. The molecule has 0 heterocycles. The third-order valence-corrected chi connectivity index (χ3v) is 9.57. The van der Waals surface area contributed by atoms with Gasteiger partial charge >= 0.3 is 15.2 Å². The minimum Gasteiger partial charge on any atom is -0.302 e. The molecule has 68 valence electrons. The largest absolute Gasteiger partial charge is 0.304 e. The molecule has 0 aliphatic heterocycles. The molecule has 0 saturated heterocycles. The van der Waals surface area contributed by atoms with E-state index in [2.05, 4.69) is 13.8 Å². The van der Waals surface area contributed by atoms with Crippen LogP contribution in [0.2, 0.25) is 0 Å². The molecule has 0 aliphatic rings. The molecule has 0 N–H and O–H groups in total. The number of halogens is 4. The highest BCUT2D eigenvalue weighted by atomic mass is 35.7. The Morgan fingerprint density at radius 2 is 1.45 bits per heavy atom. The Morgan fingerprint density at radius 3 is 1.55 bits per heavy atom. The van der Waals surface area contributed by atoms with Crippen molar-refractivity contribution in [2.45, 2.75) is 13.8 Å². The Balaban J connectivity index is 3.90. The molecular weight excluding hydrogens is 260 g/mol. The van der Waals surface area contributed by atoms with E-state index in [-0.39, 0.29) is 0 Å². The van der Waals surface area contributed by atoms with Gasteiger partial charge in [-0.2, -0.15) is 0 Å². The zero-order valence-electron chi connectivity index (χ0n) is 6.40. The normalized spacial score (nSPS) is 12.5. The van der Waals surface area contributed by atoms with Gasteiger partial charge in [-0.15, -0.1) is 44.3 Å². The van der Waals surface area contributed by atoms with Crippen LogP contribution in [0.5, 0.6) is 0 Å². The fourth-order valence-electron chi connectivity index (χ4n) is 0.666. The molecule has 0 aromatic carbocycles. The van der Waals surface area contributed by atoms with Gasteiger partial charge in [0, 0.05) is 0 Å². The van der Waals surface area contributed by atoms with Crippen LogP contribution < -0.4 is 0 Å². The SMILES string of the molecule is CC(C)CN([SiH](Cl)Cl)[SiH](Cl)Cl. The van der Waals surface area contributed by atoms with Crippen LogP contribution in [-0.2, 0) is 0 Å². The number of nitrogens with zero attached hydrogens (tertiary/aromatic N) is 1. The zero-order chi connectivity index (χ0) is 9.02. The quantitative estimate of drug-likeness (QED) is 0.560. The van der Waals surface area contributed by atoms with E-state index in [1.807, 2.05) is 4.23 Å². The minimum absolute atomic E-state index is 0.509. The molecule has 0 fully saturated rings. The van der Waals surface area contributed by atoms with Crippen LogP contribution in [0.4, 0.5) is 0 Å². The Hall–Kier alpha value is 1.55. The smallest absolute Gasteiger partial charge is 0.302 e. The summed E-state index contributed by atoms with van der Waals surface area (Å²) in [5.41, 5.74) is 0. The van der Waals surface area contributed by atoms with Crippen LogP contribution in [0.25, 0.3) is 0 Å². The van der Waals surface area contributed by atoms with E-state index in [9.17, 15) is 0 Å². The van der Waals surface area contributed by atoms with Crippen molar-refractivity contribution in [1.29, 1.82) is 0 Å². The predicted molar refractivity (Wildman–Crippen MR) is 59.3 cm³/mol. The molecule has 0 bridgehead atoms. The second-order valence-corrected chi connectivity index (χ2v) is 12.0. The summed E-state index contributed by atoms with van der Waals surface area (Å²) in [6.07, 6.45) is 0. The van der Waals surface area contributed by atoms with E-state index < -0.39 is 15.2 Å². The number of rotatable bonds is 4. The summed E-state index contributed by atoms with van der Waals surface area (Å²) in [7, 11) is -3.65. The van der Waals surface area contributed by atoms with Crippen molar-refractivity contribution < 1.29 is 0 Å². The first-order valence-corrected chi connectivity index (χ1v) is 11.3. The molecule has 0 unspecified atom stereocenters. The van der Waals surface area contributed by atoms with E-state index in [0.717, 1.165) is 6.54 Å². The fraction of sp³-hybridized carbons (Fsp3) is 1.00. The summed E-state index contributed by atoms with van der Waals surface area (Å²) in [6.45, 7) is 4.98. The van der Waals surface area contributed by atoms with E-state index in [4.69, 9.17) is 44.3 Å². The summed E-state index contributed by atoms with van der Waals surface area (Å²) < 4.78 is 1.87. The Bertz CT molecular complexity index is 102. The van der Waals surface area contributed by atoms with Gasteiger partial charge < -0.3 is 4.23 Å². The molecule has 0 spiro atoms. The third kappa shape index (κ3) is 5.74. The van der Waals surface area contributed by atoms with Crippen molar-refractivity contribution >= 4 is 59.5 Å². The lowest BCUT2D eigenvalue weighted by Crippen LogP contribution is -2.40. The summed E-state index contributed by atoms with van der Waals surface area (Å²) in [6, 6.07) is 0. The van der Waals surface area contributed by atoms with Gasteiger partial charge in [0.25, 0.3) is 0 Å². The average molecular weight is 271 g/mol. The highest BCUT2D eigenvalue weighted by molar-refractivity contribution is 7.42.